The van der Waals surface area contributed by atoms with Gasteiger partial charge in [0.1, 0.15) is 11.4 Å². The van der Waals surface area contributed by atoms with Gasteiger partial charge in [0.25, 0.3) is 5.91 Å². The molecule has 2 aliphatic rings. The van der Waals surface area contributed by atoms with Crippen LogP contribution in [0.25, 0.3) is 0 Å². The van der Waals surface area contributed by atoms with E-state index in [2.05, 4.69) is 25.3 Å². The maximum absolute atomic E-state index is 13.8. The molecule has 1 aliphatic heterocycles. The van der Waals surface area contributed by atoms with E-state index in [0.29, 0.717) is 44.0 Å². The van der Waals surface area contributed by atoms with Crippen molar-refractivity contribution in [2.24, 2.45) is 5.92 Å². The molecular weight excluding hydrogens is 464 g/mol. The molecule has 3 atom stereocenters. The van der Waals surface area contributed by atoms with Gasteiger partial charge < -0.3 is 14.7 Å². The molecule has 198 valence electrons. The first kappa shape index (κ1) is 26.9. The van der Waals surface area contributed by atoms with Crippen molar-refractivity contribution in [3.8, 4) is 5.75 Å². The van der Waals surface area contributed by atoms with Gasteiger partial charge in [-0.15, -0.1) is 6.58 Å². The predicted octanol–water partition coefficient (Wildman–Crippen LogP) is 5.17. The molecule has 0 radical (unpaired) electrons. The van der Waals surface area contributed by atoms with Crippen molar-refractivity contribution in [1.82, 2.24) is 9.80 Å². The van der Waals surface area contributed by atoms with E-state index in [4.69, 9.17) is 4.74 Å². The van der Waals surface area contributed by atoms with Gasteiger partial charge in [0.05, 0.1) is 0 Å². The Balaban J connectivity index is 1.80. The van der Waals surface area contributed by atoms with Gasteiger partial charge in [-0.25, -0.2) is 0 Å². The molecule has 1 saturated carbocycles. The summed E-state index contributed by atoms with van der Waals surface area (Å²) in [6, 6.07) is 16.8. The zero-order chi connectivity index (χ0) is 26.6. The molecular formula is C31H40N2O4. The average Bonchev–Trinajstić information content (AvgIpc) is 2.87. The van der Waals surface area contributed by atoms with E-state index < -0.39 is 11.0 Å². The summed E-state index contributed by atoms with van der Waals surface area (Å²) < 4.78 is 6.31. The monoisotopic (exact) mass is 504 g/mol. The van der Waals surface area contributed by atoms with Crippen LogP contribution in [0.5, 0.6) is 5.75 Å². The molecule has 1 saturated heterocycles. The number of aromatic hydroxyl groups is 1. The Morgan fingerprint density at radius 2 is 1.95 bits per heavy atom. The number of esters is 1. The molecule has 6 nitrogen and oxygen atoms in total. The van der Waals surface area contributed by atoms with Crippen LogP contribution < -0.4 is 0 Å². The van der Waals surface area contributed by atoms with Crippen LogP contribution in [0.1, 0.15) is 62.4 Å². The van der Waals surface area contributed by atoms with Gasteiger partial charge in [-0.3, -0.25) is 14.5 Å². The van der Waals surface area contributed by atoms with Gasteiger partial charge in [-0.05, 0) is 68.0 Å². The minimum absolute atomic E-state index is 0.0212. The van der Waals surface area contributed by atoms with Crippen molar-refractivity contribution in [2.45, 2.75) is 63.5 Å². The van der Waals surface area contributed by atoms with E-state index in [1.54, 1.807) is 6.07 Å². The number of fused-ring (bicyclic) bond motifs is 1. The molecule has 6 heteroatoms. The van der Waals surface area contributed by atoms with Gasteiger partial charge in [0.2, 0.25) is 0 Å². The van der Waals surface area contributed by atoms with Crippen LogP contribution in [-0.4, -0.2) is 64.6 Å². The number of ether oxygens (including phenoxy) is 1. The SMILES string of the molecule is C=CCN1CC[C@@]2(c3cccc(O)c3)C[C@H](N(CC(C)C)C(=O)c3ccccc3)CC[C@]2(OC(C)=O)C1. The Kier molecular flexibility index (Phi) is 8.08. The van der Waals surface area contributed by atoms with Crippen LogP contribution in [0.3, 0.4) is 0 Å². The summed E-state index contributed by atoms with van der Waals surface area (Å²) in [5.41, 5.74) is 0.356. The largest absolute Gasteiger partial charge is 0.508 e. The quantitative estimate of drug-likeness (QED) is 0.397. The minimum Gasteiger partial charge on any atom is -0.508 e. The first-order chi connectivity index (χ1) is 17.7. The van der Waals surface area contributed by atoms with Crippen molar-refractivity contribution in [3.63, 3.8) is 0 Å². The molecule has 2 aromatic carbocycles. The number of phenols is 1. The first-order valence-electron chi connectivity index (χ1n) is 13.4. The van der Waals surface area contributed by atoms with Crippen molar-refractivity contribution in [2.75, 3.05) is 26.2 Å². The Morgan fingerprint density at radius 1 is 1.19 bits per heavy atom. The van der Waals surface area contributed by atoms with Crippen LogP contribution >= 0.6 is 0 Å². The van der Waals surface area contributed by atoms with Gasteiger partial charge in [-0.1, -0.05) is 50.3 Å². The minimum atomic E-state index is -0.760. The second kappa shape index (κ2) is 11.1. The lowest BCUT2D eigenvalue weighted by Gasteiger charge is -2.60. The summed E-state index contributed by atoms with van der Waals surface area (Å²) in [4.78, 5) is 30.7. The van der Waals surface area contributed by atoms with E-state index >= 15 is 0 Å². The van der Waals surface area contributed by atoms with Crippen molar-refractivity contribution in [1.29, 1.82) is 0 Å². The summed E-state index contributed by atoms with van der Waals surface area (Å²) in [5.74, 6) is 0.231. The Hall–Kier alpha value is -3.12. The van der Waals surface area contributed by atoms with E-state index in [0.717, 1.165) is 24.9 Å². The third-order valence-electron chi connectivity index (χ3n) is 8.08. The number of piperidine rings is 1. The molecule has 37 heavy (non-hydrogen) atoms. The Bertz CT molecular complexity index is 1120. The molecule has 0 bridgehead atoms. The lowest BCUT2D eigenvalue weighted by atomic mass is 9.54. The summed E-state index contributed by atoms with van der Waals surface area (Å²) in [5, 5.41) is 10.5. The summed E-state index contributed by atoms with van der Waals surface area (Å²) >= 11 is 0. The van der Waals surface area contributed by atoms with Crippen molar-refractivity contribution >= 4 is 11.9 Å². The zero-order valence-corrected chi connectivity index (χ0v) is 22.4. The third-order valence-corrected chi connectivity index (χ3v) is 8.08. The van der Waals surface area contributed by atoms with Crippen LogP contribution in [-0.2, 0) is 14.9 Å². The number of hydrogen-bond donors (Lipinski definition) is 1. The van der Waals surface area contributed by atoms with E-state index in [1.165, 1.54) is 6.92 Å². The molecule has 1 amide bonds. The van der Waals surface area contributed by atoms with E-state index in [1.807, 2.05) is 59.5 Å². The average molecular weight is 505 g/mol. The van der Waals surface area contributed by atoms with Gasteiger partial charge in [0, 0.05) is 43.6 Å². The Morgan fingerprint density at radius 3 is 2.59 bits per heavy atom. The fourth-order valence-electron chi connectivity index (χ4n) is 6.61. The van der Waals surface area contributed by atoms with Crippen molar-refractivity contribution in [3.05, 3.63) is 78.4 Å². The standard InChI is InChI=1S/C31H40N2O4/c1-5-17-32-18-16-30(26-12-9-13-28(35)19-26)20-27(14-15-31(30,22-32)37-24(4)34)33(21-23(2)3)29(36)25-10-7-6-8-11-25/h5-13,19,23,27,35H,1,14-18,20-22H2,2-4H3/t27-,30+,31+/m1/s1. The molecule has 0 spiro atoms. The molecule has 1 heterocycles. The summed E-state index contributed by atoms with van der Waals surface area (Å²) in [6.45, 7) is 12.4. The van der Waals surface area contributed by atoms with Crippen LogP contribution in [0.4, 0.5) is 0 Å². The summed E-state index contributed by atoms with van der Waals surface area (Å²) in [6.07, 6.45) is 4.68. The maximum atomic E-state index is 13.8. The molecule has 1 aliphatic carbocycles. The molecule has 4 rings (SSSR count). The lowest BCUT2D eigenvalue weighted by Crippen LogP contribution is -2.68. The second-order valence-corrected chi connectivity index (χ2v) is 11.1. The van der Waals surface area contributed by atoms with Crippen LogP contribution in [0.2, 0.25) is 0 Å². The normalized spacial score (nSPS) is 25.8. The van der Waals surface area contributed by atoms with Gasteiger partial charge in [0.15, 0.2) is 0 Å². The zero-order valence-electron chi connectivity index (χ0n) is 22.4. The number of hydrogen-bond acceptors (Lipinski definition) is 5. The highest BCUT2D eigenvalue weighted by atomic mass is 16.6. The topological polar surface area (TPSA) is 70.1 Å². The number of benzene rings is 2. The molecule has 2 aromatic rings. The smallest absolute Gasteiger partial charge is 0.303 e. The summed E-state index contributed by atoms with van der Waals surface area (Å²) in [7, 11) is 0. The highest BCUT2D eigenvalue weighted by molar-refractivity contribution is 5.94. The number of rotatable bonds is 8. The lowest BCUT2D eigenvalue weighted by molar-refractivity contribution is -0.188. The van der Waals surface area contributed by atoms with Crippen LogP contribution in [0.15, 0.2) is 67.3 Å². The predicted molar refractivity (Wildman–Crippen MR) is 145 cm³/mol. The third kappa shape index (κ3) is 5.45. The fraction of sp³-hybridized carbons (Fsp3) is 0.484. The Labute approximate surface area is 220 Å². The highest BCUT2D eigenvalue weighted by Gasteiger charge is 2.61. The molecule has 1 N–H and O–H groups in total. The molecule has 0 aromatic heterocycles. The van der Waals surface area contributed by atoms with E-state index in [9.17, 15) is 14.7 Å². The second-order valence-electron chi connectivity index (χ2n) is 11.1. The van der Waals surface area contributed by atoms with Gasteiger partial charge in [-0.2, -0.15) is 0 Å². The molecule has 2 fully saturated rings. The maximum Gasteiger partial charge on any atom is 0.303 e. The van der Waals surface area contributed by atoms with Crippen molar-refractivity contribution < 1.29 is 19.4 Å². The number of nitrogens with zero attached hydrogens (tertiary/aromatic N) is 2. The number of amides is 1. The highest BCUT2D eigenvalue weighted by Crippen LogP contribution is 2.55. The number of carbonyl (C=O) groups excluding carboxylic acids is 2. The number of phenolic OH excluding ortho intramolecular Hbond substituents is 1. The number of carbonyl (C=O) groups is 2. The van der Waals surface area contributed by atoms with Gasteiger partial charge >= 0.3 is 5.97 Å². The number of likely N-dealkylation sites (tertiary alicyclic amines) is 1. The van der Waals surface area contributed by atoms with E-state index in [-0.39, 0.29) is 23.7 Å². The first-order valence-corrected chi connectivity index (χ1v) is 13.4. The van der Waals surface area contributed by atoms with Crippen LogP contribution in [0, 0.1) is 5.92 Å². The fourth-order valence-corrected chi connectivity index (χ4v) is 6.61. The molecule has 0 unspecified atom stereocenters.